The highest BCUT2D eigenvalue weighted by Crippen LogP contribution is 2.25. The first-order chi connectivity index (χ1) is 7.15. The molecular formula is C12H16O2S. The molecule has 1 N–H and O–H groups in total. The second kappa shape index (κ2) is 5.81. The van der Waals surface area contributed by atoms with Gasteiger partial charge in [0.15, 0.2) is 0 Å². The fraction of sp³-hybridized carbons (Fsp3) is 0.417. The van der Waals surface area contributed by atoms with Gasteiger partial charge in [0.25, 0.3) is 0 Å². The van der Waals surface area contributed by atoms with E-state index >= 15 is 0 Å². The van der Waals surface area contributed by atoms with Crippen molar-refractivity contribution < 1.29 is 9.90 Å². The molecule has 3 heteroatoms. The summed E-state index contributed by atoms with van der Waals surface area (Å²) in [6, 6.07) is 5.48. The van der Waals surface area contributed by atoms with E-state index in [1.54, 1.807) is 17.8 Å². The van der Waals surface area contributed by atoms with Crippen LogP contribution in [-0.2, 0) is 0 Å². The molecule has 0 aliphatic carbocycles. The van der Waals surface area contributed by atoms with E-state index in [9.17, 15) is 4.79 Å². The average molecular weight is 224 g/mol. The Balaban J connectivity index is 2.82. The fourth-order valence-corrected chi connectivity index (χ4v) is 2.49. The predicted molar refractivity (Wildman–Crippen MR) is 63.8 cm³/mol. The van der Waals surface area contributed by atoms with Crippen LogP contribution in [0.3, 0.4) is 0 Å². The highest BCUT2D eigenvalue weighted by Gasteiger charge is 2.09. The summed E-state index contributed by atoms with van der Waals surface area (Å²) in [5, 5.41) is 9.00. The van der Waals surface area contributed by atoms with Gasteiger partial charge >= 0.3 is 5.97 Å². The standard InChI is InChI=1S/C12H16O2S/c1-3-4-7-15-11-8-9(2)5-6-10(11)12(13)14/h5-6,8H,3-4,7H2,1-2H3,(H,13,14). The predicted octanol–water partition coefficient (Wildman–Crippen LogP) is 3.59. The minimum absolute atomic E-state index is 0.418. The Morgan fingerprint density at radius 3 is 2.80 bits per heavy atom. The molecule has 0 aliphatic heterocycles. The Bertz CT molecular complexity index is 347. The lowest BCUT2D eigenvalue weighted by Gasteiger charge is -2.06. The molecule has 0 spiro atoms. The van der Waals surface area contributed by atoms with Gasteiger partial charge in [0.05, 0.1) is 5.56 Å². The average Bonchev–Trinajstić information content (AvgIpc) is 2.18. The van der Waals surface area contributed by atoms with Gasteiger partial charge < -0.3 is 5.11 Å². The number of thioether (sulfide) groups is 1. The molecule has 0 unspecified atom stereocenters. The Kier molecular flexibility index (Phi) is 4.69. The number of carboxylic acid groups (broad SMARTS) is 1. The van der Waals surface area contributed by atoms with Gasteiger partial charge in [-0.15, -0.1) is 11.8 Å². The number of benzene rings is 1. The molecule has 0 atom stereocenters. The van der Waals surface area contributed by atoms with Crippen molar-refractivity contribution in [1.82, 2.24) is 0 Å². The Hall–Kier alpha value is -0.960. The summed E-state index contributed by atoms with van der Waals surface area (Å²) >= 11 is 1.63. The number of aryl methyl sites for hydroxylation is 1. The zero-order chi connectivity index (χ0) is 11.3. The van der Waals surface area contributed by atoms with Crippen LogP contribution in [0, 0.1) is 6.92 Å². The van der Waals surface area contributed by atoms with Crippen molar-refractivity contribution in [2.24, 2.45) is 0 Å². The number of rotatable bonds is 5. The summed E-state index contributed by atoms with van der Waals surface area (Å²) in [6.07, 6.45) is 2.26. The van der Waals surface area contributed by atoms with Crippen LogP contribution in [0.2, 0.25) is 0 Å². The van der Waals surface area contributed by atoms with E-state index in [0.29, 0.717) is 5.56 Å². The molecule has 0 fully saturated rings. The first-order valence-corrected chi connectivity index (χ1v) is 6.10. The molecule has 0 saturated heterocycles. The monoisotopic (exact) mass is 224 g/mol. The van der Waals surface area contributed by atoms with Gasteiger partial charge in [-0.05, 0) is 36.8 Å². The molecule has 82 valence electrons. The molecule has 0 aromatic heterocycles. The molecule has 2 nitrogen and oxygen atoms in total. The van der Waals surface area contributed by atoms with Crippen LogP contribution >= 0.6 is 11.8 Å². The van der Waals surface area contributed by atoms with Crippen molar-refractivity contribution in [3.63, 3.8) is 0 Å². The third-order valence-electron chi connectivity index (χ3n) is 2.12. The van der Waals surface area contributed by atoms with E-state index < -0.39 is 5.97 Å². The molecule has 0 amide bonds. The molecule has 1 aromatic rings. The summed E-state index contributed by atoms with van der Waals surface area (Å²) < 4.78 is 0. The van der Waals surface area contributed by atoms with Crippen LogP contribution in [-0.4, -0.2) is 16.8 Å². The maximum atomic E-state index is 11.0. The number of carboxylic acids is 1. The van der Waals surface area contributed by atoms with Gasteiger partial charge in [0, 0.05) is 4.90 Å². The molecule has 0 aliphatic rings. The van der Waals surface area contributed by atoms with Gasteiger partial charge in [-0.25, -0.2) is 4.79 Å². The summed E-state index contributed by atoms with van der Waals surface area (Å²) in [6.45, 7) is 4.12. The Labute approximate surface area is 94.7 Å². The Morgan fingerprint density at radius 2 is 2.20 bits per heavy atom. The highest BCUT2D eigenvalue weighted by atomic mass is 32.2. The normalized spacial score (nSPS) is 10.3. The van der Waals surface area contributed by atoms with Crippen molar-refractivity contribution in [2.45, 2.75) is 31.6 Å². The maximum absolute atomic E-state index is 11.0. The quantitative estimate of drug-likeness (QED) is 0.613. The number of aromatic carboxylic acids is 1. The van der Waals surface area contributed by atoms with E-state index in [-0.39, 0.29) is 0 Å². The number of hydrogen-bond donors (Lipinski definition) is 1. The largest absolute Gasteiger partial charge is 0.478 e. The summed E-state index contributed by atoms with van der Waals surface area (Å²) in [5.41, 5.74) is 1.53. The summed E-state index contributed by atoms with van der Waals surface area (Å²) in [5.74, 6) is 0.147. The van der Waals surface area contributed by atoms with Gasteiger partial charge in [-0.3, -0.25) is 0 Å². The van der Waals surface area contributed by atoms with E-state index in [1.165, 1.54) is 0 Å². The van der Waals surface area contributed by atoms with Crippen molar-refractivity contribution in [1.29, 1.82) is 0 Å². The zero-order valence-corrected chi connectivity index (χ0v) is 9.93. The van der Waals surface area contributed by atoms with Gasteiger partial charge in [0.1, 0.15) is 0 Å². The van der Waals surface area contributed by atoms with Crippen LogP contribution in [0.5, 0.6) is 0 Å². The Morgan fingerprint density at radius 1 is 1.47 bits per heavy atom. The summed E-state index contributed by atoms with van der Waals surface area (Å²) in [4.78, 5) is 11.8. The van der Waals surface area contributed by atoms with E-state index in [0.717, 1.165) is 29.1 Å². The first-order valence-electron chi connectivity index (χ1n) is 5.12. The zero-order valence-electron chi connectivity index (χ0n) is 9.12. The lowest BCUT2D eigenvalue weighted by atomic mass is 10.1. The van der Waals surface area contributed by atoms with E-state index in [1.807, 2.05) is 19.1 Å². The first kappa shape index (κ1) is 12.1. The van der Waals surface area contributed by atoms with Crippen LogP contribution in [0.25, 0.3) is 0 Å². The van der Waals surface area contributed by atoms with Crippen LogP contribution in [0.4, 0.5) is 0 Å². The van der Waals surface area contributed by atoms with Crippen molar-refractivity contribution in [3.8, 4) is 0 Å². The van der Waals surface area contributed by atoms with E-state index in [4.69, 9.17) is 5.11 Å². The third-order valence-corrected chi connectivity index (χ3v) is 3.26. The number of unbranched alkanes of at least 4 members (excludes halogenated alkanes) is 1. The molecule has 0 radical (unpaired) electrons. The minimum atomic E-state index is -0.839. The van der Waals surface area contributed by atoms with Gasteiger partial charge in [-0.2, -0.15) is 0 Å². The number of hydrogen-bond acceptors (Lipinski definition) is 2. The molecule has 15 heavy (non-hydrogen) atoms. The smallest absolute Gasteiger partial charge is 0.336 e. The van der Waals surface area contributed by atoms with Crippen molar-refractivity contribution in [2.75, 3.05) is 5.75 Å². The molecule has 1 aromatic carbocycles. The SMILES string of the molecule is CCCCSc1cc(C)ccc1C(=O)O. The fourth-order valence-electron chi connectivity index (χ4n) is 1.25. The van der Waals surface area contributed by atoms with E-state index in [2.05, 4.69) is 6.92 Å². The molecule has 0 saturated carbocycles. The third kappa shape index (κ3) is 3.59. The lowest BCUT2D eigenvalue weighted by molar-refractivity contribution is 0.0693. The highest BCUT2D eigenvalue weighted by molar-refractivity contribution is 7.99. The maximum Gasteiger partial charge on any atom is 0.336 e. The summed E-state index contributed by atoms with van der Waals surface area (Å²) in [7, 11) is 0. The van der Waals surface area contributed by atoms with Crippen LogP contribution in [0.15, 0.2) is 23.1 Å². The van der Waals surface area contributed by atoms with Gasteiger partial charge in [-0.1, -0.05) is 19.4 Å². The molecular weight excluding hydrogens is 208 g/mol. The van der Waals surface area contributed by atoms with Crippen LogP contribution in [0.1, 0.15) is 35.7 Å². The molecule has 0 heterocycles. The lowest BCUT2D eigenvalue weighted by Crippen LogP contribution is -1.99. The van der Waals surface area contributed by atoms with Gasteiger partial charge in [0.2, 0.25) is 0 Å². The topological polar surface area (TPSA) is 37.3 Å². The second-order valence-corrected chi connectivity index (χ2v) is 4.64. The van der Waals surface area contributed by atoms with Crippen LogP contribution < -0.4 is 0 Å². The van der Waals surface area contributed by atoms with Crippen molar-refractivity contribution >= 4 is 17.7 Å². The second-order valence-electron chi connectivity index (χ2n) is 3.51. The van der Waals surface area contributed by atoms with Crippen molar-refractivity contribution in [3.05, 3.63) is 29.3 Å². The number of carbonyl (C=O) groups is 1. The molecule has 1 rings (SSSR count). The molecule has 0 bridgehead atoms. The minimum Gasteiger partial charge on any atom is -0.478 e.